The van der Waals surface area contributed by atoms with Gasteiger partial charge in [-0.3, -0.25) is 0 Å². The van der Waals surface area contributed by atoms with E-state index in [9.17, 15) is 0 Å². The molecule has 0 amide bonds. The predicted octanol–water partition coefficient (Wildman–Crippen LogP) is 10.6. The Morgan fingerprint density at radius 1 is 0.237 bits per heavy atom. The summed E-state index contributed by atoms with van der Waals surface area (Å²) in [6, 6.07) is 48.2. The van der Waals surface area contributed by atoms with Gasteiger partial charge in [0.25, 0.3) is 0 Å². The monoisotopic (exact) mass is 482 g/mol. The Labute approximate surface area is 222 Å². The van der Waals surface area contributed by atoms with Crippen LogP contribution in [0.25, 0.3) is 67.4 Å². The predicted molar refractivity (Wildman–Crippen MR) is 167 cm³/mol. The first-order valence-corrected chi connectivity index (χ1v) is 13.1. The smallest absolute Gasteiger partial charge is 0.0172 e. The molecule has 0 saturated heterocycles. The normalized spacial score (nSPS) is 12.0. The van der Waals surface area contributed by atoms with Crippen molar-refractivity contribution < 1.29 is 0 Å². The maximum absolute atomic E-state index is 2.30. The summed E-state index contributed by atoms with van der Waals surface area (Å²) in [5.74, 6) is 0. The Balaban J connectivity index is 1.15. The lowest BCUT2D eigenvalue weighted by atomic mass is 9.99. The van der Waals surface area contributed by atoms with Crippen LogP contribution in [0.5, 0.6) is 0 Å². The second-order valence-corrected chi connectivity index (χ2v) is 9.95. The van der Waals surface area contributed by atoms with Gasteiger partial charge in [-0.25, -0.2) is 0 Å². The molecule has 7 rings (SSSR count). The van der Waals surface area contributed by atoms with E-state index < -0.39 is 0 Å². The lowest BCUT2D eigenvalue weighted by Gasteiger charge is -2.06. The van der Waals surface area contributed by atoms with Gasteiger partial charge in [0.1, 0.15) is 0 Å². The molecule has 178 valence electrons. The fourth-order valence-electron chi connectivity index (χ4n) is 5.25. The van der Waals surface area contributed by atoms with Crippen molar-refractivity contribution in [3.05, 3.63) is 156 Å². The summed E-state index contributed by atoms with van der Waals surface area (Å²) in [7, 11) is 0. The summed E-state index contributed by atoms with van der Waals surface area (Å²) in [5, 5.41) is 10.1. The van der Waals surface area contributed by atoms with Gasteiger partial charge >= 0.3 is 0 Å². The number of rotatable bonds is 4. The average molecular weight is 483 g/mol. The molecular formula is C38H26. The van der Waals surface area contributed by atoms with Crippen LogP contribution in [0.1, 0.15) is 22.3 Å². The second-order valence-electron chi connectivity index (χ2n) is 9.95. The van der Waals surface area contributed by atoms with E-state index in [-0.39, 0.29) is 0 Å². The van der Waals surface area contributed by atoms with Crippen LogP contribution in [0.15, 0.2) is 133 Å². The van der Waals surface area contributed by atoms with Gasteiger partial charge in [-0.05, 0) is 102 Å². The quantitative estimate of drug-likeness (QED) is 0.173. The van der Waals surface area contributed by atoms with E-state index in [1.54, 1.807) is 0 Å². The second kappa shape index (κ2) is 9.50. The van der Waals surface area contributed by atoms with E-state index in [0.29, 0.717) is 0 Å². The van der Waals surface area contributed by atoms with Crippen molar-refractivity contribution in [1.82, 2.24) is 0 Å². The van der Waals surface area contributed by atoms with Gasteiger partial charge in [0.15, 0.2) is 0 Å². The van der Waals surface area contributed by atoms with Crippen LogP contribution < -0.4 is 0 Å². The lowest BCUT2D eigenvalue weighted by Crippen LogP contribution is -1.81. The lowest BCUT2D eigenvalue weighted by molar-refractivity contribution is 1.69. The zero-order valence-corrected chi connectivity index (χ0v) is 21.0. The van der Waals surface area contributed by atoms with Gasteiger partial charge in [-0.1, -0.05) is 121 Å². The summed E-state index contributed by atoms with van der Waals surface area (Å²) in [4.78, 5) is 0. The van der Waals surface area contributed by atoms with Crippen LogP contribution in [0.4, 0.5) is 0 Å². The molecule has 0 N–H and O–H groups in total. The highest BCUT2D eigenvalue weighted by atomic mass is 14.1. The van der Waals surface area contributed by atoms with Crippen molar-refractivity contribution in [3.8, 4) is 0 Å². The first kappa shape index (κ1) is 22.3. The minimum atomic E-state index is 1.21. The molecule has 38 heavy (non-hydrogen) atoms. The Morgan fingerprint density at radius 2 is 0.526 bits per heavy atom. The maximum Gasteiger partial charge on any atom is -0.0172 e. The highest BCUT2D eigenvalue weighted by molar-refractivity contribution is 6.00. The molecule has 7 aromatic carbocycles. The van der Waals surface area contributed by atoms with E-state index in [2.05, 4.69) is 158 Å². The zero-order chi connectivity index (χ0) is 25.3. The molecule has 0 aliphatic heterocycles. The SMILES string of the molecule is C(=C\c1ccc2cc3cc(/C=C/c4ccc5ccccc5c4)ccc3cc2c1)/c1ccc2ccccc2c1. The van der Waals surface area contributed by atoms with Crippen LogP contribution in [0.2, 0.25) is 0 Å². The van der Waals surface area contributed by atoms with Crippen molar-refractivity contribution in [3.63, 3.8) is 0 Å². The van der Waals surface area contributed by atoms with Crippen molar-refractivity contribution in [2.45, 2.75) is 0 Å². The fraction of sp³-hybridized carbons (Fsp3) is 0. The van der Waals surface area contributed by atoms with Crippen LogP contribution in [0, 0.1) is 0 Å². The van der Waals surface area contributed by atoms with Crippen molar-refractivity contribution >= 4 is 67.4 Å². The highest BCUT2D eigenvalue weighted by Gasteiger charge is 2.01. The molecule has 0 radical (unpaired) electrons. The number of fused-ring (bicyclic) bond motifs is 4. The first-order valence-electron chi connectivity index (χ1n) is 13.1. The average Bonchev–Trinajstić information content (AvgIpc) is 2.97. The largest absolute Gasteiger partial charge is 0.0616 e. The third-order valence-electron chi connectivity index (χ3n) is 7.33. The van der Waals surface area contributed by atoms with Gasteiger partial charge in [0, 0.05) is 0 Å². The molecule has 0 fully saturated rings. The minimum absolute atomic E-state index is 1.21. The highest BCUT2D eigenvalue weighted by Crippen LogP contribution is 2.27. The summed E-state index contributed by atoms with van der Waals surface area (Å²) >= 11 is 0. The number of hydrogen-bond donors (Lipinski definition) is 0. The van der Waals surface area contributed by atoms with Crippen molar-refractivity contribution in [1.29, 1.82) is 0 Å². The Morgan fingerprint density at radius 3 is 0.921 bits per heavy atom. The molecule has 0 aromatic heterocycles. The van der Waals surface area contributed by atoms with Crippen molar-refractivity contribution in [2.24, 2.45) is 0 Å². The van der Waals surface area contributed by atoms with E-state index in [4.69, 9.17) is 0 Å². The molecule has 0 saturated carbocycles. The molecule has 0 heterocycles. The van der Waals surface area contributed by atoms with Crippen LogP contribution in [-0.4, -0.2) is 0 Å². The van der Waals surface area contributed by atoms with Gasteiger partial charge in [-0.2, -0.15) is 0 Å². The topological polar surface area (TPSA) is 0 Å². The van der Waals surface area contributed by atoms with Gasteiger partial charge in [-0.15, -0.1) is 0 Å². The summed E-state index contributed by atoms with van der Waals surface area (Å²) < 4.78 is 0. The first-order chi connectivity index (χ1) is 18.8. The molecule has 0 nitrogen and oxygen atoms in total. The van der Waals surface area contributed by atoms with Gasteiger partial charge < -0.3 is 0 Å². The molecular weight excluding hydrogens is 456 g/mol. The van der Waals surface area contributed by atoms with Crippen LogP contribution in [-0.2, 0) is 0 Å². The summed E-state index contributed by atoms with van der Waals surface area (Å²) in [6.45, 7) is 0. The molecule has 0 heteroatoms. The van der Waals surface area contributed by atoms with E-state index in [0.717, 1.165) is 0 Å². The number of hydrogen-bond acceptors (Lipinski definition) is 0. The zero-order valence-electron chi connectivity index (χ0n) is 21.0. The molecule has 0 aliphatic carbocycles. The maximum atomic E-state index is 2.30. The molecule has 0 unspecified atom stereocenters. The van der Waals surface area contributed by atoms with Gasteiger partial charge in [0.05, 0.1) is 0 Å². The van der Waals surface area contributed by atoms with Gasteiger partial charge in [0.2, 0.25) is 0 Å². The molecule has 0 atom stereocenters. The molecule has 0 spiro atoms. The third kappa shape index (κ3) is 4.49. The number of benzene rings is 7. The molecule has 0 aliphatic rings. The van der Waals surface area contributed by atoms with Crippen molar-refractivity contribution in [2.75, 3.05) is 0 Å². The Kier molecular flexibility index (Phi) is 5.57. The summed E-state index contributed by atoms with van der Waals surface area (Å²) in [5.41, 5.74) is 4.85. The van der Waals surface area contributed by atoms with Crippen LogP contribution in [0.3, 0.4) is 0 Å². The standard InChI is InChI=1S/C38H26/c1-3-7-33-21-27(13-17-31(33)5-1)9-11-29-15-19-35-26-38-24-30(16-20-36(38)25-37(35)23-29)12-10-28-14-18-32-6-2-4-8-34(32)22-28/h1-26H/b11-9+,12-10+. The third-order valence-corrected chi connectivity index (χ3v) is 7.33. The Hall–Kier alpha value is -4.94. The molecule has 0 bridgehead atoms. The fourth-order valence-corrected chi connectivity index (χ4v) is 5.25. The van der Waals surface area contributed by atoms with E-state index in [1.807, 2.05) is 0 Å². The molecule has 7 aromatic rings. The van der Waals surface area contributed by atoms with Crippen LogP contribution >= 0.6 is 0 Å². The summed E-state index contributed by atoms with van der Waals surface area (Å²) in [6.07, 6.45) is 8.80. The Bertz CT molecular complexity index is 1870. The minimum Gasteiger partial charge on any atom is -0.0616 e. The van der Waals surface area contributed by atoms with E-state index >= 15 is 0 Å². The van der Waals surface area contributed by atoms with E-state index in [1.165, 1.54) is 65.3 Å².